The van der Waals surface area contributed by atoms with Gasteiger partial charge in [-0.3, -0.25) is 67.1 Å². The predicted octanol–water partition coefficient (Wildman–Crippen LogP) is 1.74. The van der Waals surface area contributed by atoms with Gasteiger partial charge < -0.3 is 105 Å². The molecule has 5 aromatic rings. The van der Waals surface area contributed by atoms with Gasteiger partial charge in [-0.15, -0.1) is 0 Å². The van der Waals surface area contributed by atoms with Crippen LogP contribution in [0, 0.1) is 5.92 Å². The van der Waals surface area contributed by atoms with Gasteiger partial charge in [-0.1, -0.05) is 102 Å². The Labute approximate surface area is 706 Å². The molecule has 2 saturated heterocycles. The van der Waals surface area contributed by atoms with Crippen molar-refractivity contribution >= 4 is 116 Å². The summed E-state index contributed by atoms with van der Waals surface area (Å²) < 4.78 is 0. The summed E-state index contributed by atoms with van der Waals surface area (Å²) >= 11 is 1.11. The normalized spacial score (nSPS) is 16.4. The minimum atomic E-state index is -1.60. The van der Waals surface area contributed by atoms with Gasteiger partial charge in [-0.25, -0.2) is 0 Å². The van der Waals surface area contributed by atoms with Crippen LogP contribution in [-0.4, -0.2) is 274 Å². The number of hydrogen-bond acceptors (Lipinski definition) is 19. The van der Waals surface area contributed by atoms with Crippen LogP contribution >= 0.6 is 11.8 Å². The number of carbonyl (C=O) groups is 14. The van der Waals surface area contributed by atoms with Gasteiger partial charge in [0.05, 0.1) is 24.8 Å². The first-order chi connectivity index (χ1) is 57.3. The monoisotopic (exact) mass is 1690 g/mol. The lowest BCUT2D eigenvalue weighted by atomic mass is 10.00. The van der Waals surface area contributed by atoms with Gasteiger partial charge in [0.15, 0.2) is 0 Å². The van der Waals surface area contributed by atoms with Crippen molar-refractivity contribution in [3.8, 4) is 5.75 Å². The first-order valence-electron chi connectivity index (χ1n) is 41.9. The van der Waals surface area contributed by atoms with Gasteiger partial charge in [0.1, 0.15) is 66.2 Å². The van der Waals surface area contributed by atoms with Gasteiger partial charge in [0.2, 0.25) is 82.7 Å². The van der Waals surface area contributed by atoms with Crippen LogP contribution in [0.4, 0.5) is 0 Å². The fourth-order valence-electron chi connectivity index (χ4n) is 15.3. The Bertz CT molecular complexity index is 4310. The number of benzene rings is 3. The smallest absolute Gasteiger partial charge is 0.246 e. The van der Waals surface area contributed by atoms with Crippen LogP contribution in [0.1, 0.15) is 155 Å². The molecule has 2 fully saturated rings. The summed E-state index contributed by atoms with van der Waals surface area (Å²) in [5.74, 6) is -9.07. The number of para-hydroxylation sites is 2. The number of phenolic OH excluding ortho intramolecular Hbond substituents is 1. The second-order valence-corrected chi connectivity index (χ2v) is 32.9. The maximum absolute atomic E-state index is 15.2. The molecule has 35 heteroatoms. The van der Waals surface area contributed by atoms with Gasteiger partial charge in [-0.2, -0.15) is 11.8 Å². The summed E-state index contributed by atoms with van der Waals surface area (Å²) in [7, 11) is 5.93. The van der Waals surface area contributed by atoms with Crippen molar-refractivity contribution in [1.29, 1.82) is 0 Å². The highest BCUT2D eigenvalue weighted by Crippen LogP contribution is 2.26. The number of thioether (sulfide) groups is 1. The van der Waals surface area contributed by atoms with Crippen LogP contribution in [0.25, 0.3) is 21.8 Å². The lowest BCUT2D eigenvalue weighted by molar-refractivity contribution is -0.149. The molecular formula is C85H127N19O15S. The van der Waals surface area contributed by atoms with E-state index in [1.165, 1.54) is 54.9 Å². The zero-order chi connectivity index (χ0) is 87.9. The number of phenols is 1. The molecule has 2 aliphatic heterocycles. The van der Waals surface area contributed by atoms with Gasteiger partial charge >= 0.3 is 0 Å². The van der Waals surface area contributed by atoms with E-state index < -0.39 is 156 Å². The number of hydrogen-bond donors (Lipinski definition) is 15. The Kier molecular flexibility index (Phi) is 38.6. The molecule has 2 aliphatic rings. The molecule has 0 bridgehead atoms. The summed E-state index contributed by atoms with van der Waals surface area (Å²) in [6.07, 6.45) is 8.78. The standard InChI is InChI=1S/C85H127N19O15S/c1-11-13-28-69(101(9)85(119)71(29-14-12-2)102(10)82(116)67(45-56-48-92-61-26-18-16-24-59(56)61)98-75(109)53(6)93-78(112)64(89-7)44-55-47-91-60-25-17-15-23-58(55)60)79(113)96-62(27-19-36-86)76(110)90-38-41-120-50-74(108)95-66(43-54-31-33-57(105)34-32-54)81(115)100(8)49-73(107)94-68(46-72(88)106)84(118)104-40-21-30-70(104)80(114)97-63(35-37-87)77(111)99-65(42-51(3)4)83(117)103-39-20-22-52(103)5/h15-18,23-26,31-34,47-48,51-53,62-71,89,91-92,105H,11-14,19-22,27-30,35-46,49-50,86-87H2,1-10H3,(H2,88,106)(H,90,110)(H,93,112)(H,94,107)(H,95,108)(H,96,113)(H,97,114)(H,98,109)(H,99,111)/t52?,53-,62-,63-,64-,65-,66-,67-,68-,69-,70?,71-/m0/s1. The third-order valence-electron chi connectivity index (χ3n) is 22.1. The highest BCUT2D eigenvalue weighted by Gasteiger charge is 2.43. The highest BCUT2D eigenvalue weighted by molar-refractivity contribution is 7.99. The number of fused-ring (bicyclic) bond motifs is 2. The molecule has 0 spiro atoms. The number of likely N-dealkylation sites (tertiary alicyclic amines) is 2. The summed E-state index contributed by atoms with van der Waals surface area (Å²) in [5.41, 5.74) is 21.3. The lowest BCUT2D eigenvalue weighted by Gasteiger charge is -2.36. The molecule has 14 amide bonds. The van der Waals surface area contributed by atoms with Crippen LogP contribution in [0.5, 0.6) is 5.75 Å². The molecule has 18 N–H and O–H groups in total. The average molecular weight is 1690 g/mol. The molecule has 0 aliphatic carbocycles. The number of nitrogens with zero attached hydrogens (tertiary/aromatic N) is 5. The number of carbonyl (C=O) groups excluding carboxylic acids is 14. The quantitative estimate of drug-likeness (QED) is 0.0247. The number of nitrogens with two attached hydrogens (primary N) is 3. The van der Waals surface area contributed by atoms with E-state index in [0.717, 1.165) is 56.9 Å². The summed E-state index contributed by atoms with van der Waals surface area (Å²) in [4.78, 5) is 211. The third-order valence-corrected chi connectivity index (χ3v) is 23.1. The summed E-state index contributed by atoms with van der Waals surface area (Å²) in [6.45, 7) is 11.3. The van der Waals surface area contributed by atoms with Gasteiger partial charge in [0, 0.05) is 99.6 Å². The fourth-order valence-corrected chi connectivity index (χ4v) is 16.0. The molecular weight excluding hydrogens is 1560 g/mol. The van der Waals surface area contributed by atoms with E-state index >= 15 is 9.59 Å². The van der Waals surface area contributed by atoms with Crippen molar-refractivity contribution in [2.45, 2.75) is 230 Å². The second kappa shape index (κ2) is 48.0. The molecule has 3 aromatic carbocycles. The van der Waals surface area contributed by atoms with Crippen LogP contribution in [0.15, 0.2) is 85.2 Å². The number of amides is 14. The molecule has 12 atom stereocenters. The maximum Gasteiger partial charge on any atom is 0.246 e. The van der Waals surface area contributed by atoms with Crippen molar-refractivity contribution in [2.75, 3.05) is 79.0 Å². The van der Waals surface area contributed by atoms with Crippen LogP contribution < -0.4 is 65.1 Å². The molecule has 34 nitrogen and oxygen atoms in total. The van der Waals surface area contributed by atoms with E-state index in [2.05, 4.69) is 57.8 Å². The molecule has 658 valence electrons. The van der Waals surface area contributed by atoms with E-state index in [1.807, 2.05) is 89.3 Å². The van der Waals surface area contributed by atoms with E-state index in [1.54, 1.807) is 30.3 Å². The summed E-state index contributed by atoms with van der Waals surface area (Å²) in [5, 5.41) is 37.2. The number of unbranched alkanes of at least 4 members (excludes halogenated alkanes) is 2. The number of rotatable bonds is 49. The average Bonchev–Trinajstić information content (AvgIpc) is 1.56. The number of nitrogens with one attached hydrogen (secondary N) is 11. The Balaban J connectivity index is 0.955. The summed E-state index contributed by atoms with van der Waals surface area (Å²) in [6, 6.07) is 8.59. The predicted molar refractivity (Wildman–Crippen MR) is 458 cm³/mol. The molecule has 4 heterocycles. The van der Waals surface area contributed by atoms with Crippen LogP contribution in [0.3, 0.4) is 0 Å². The third kappa shape index (κ3) is 28.0. The zero-order valence-corrected chi connectivity index (χ0v) is 71.8. The zero-order valence-electron chi connectivity index (χ0n) is 71.0. The molecule has 2 aromatic heterocycles. The molecule has 0 radical (unpaired) electrons. The van der Waals surface area contributed by atoms with E-state index in [0.29, 0.717) is 69.0 Å². The van der Waals surface area contributed by atoms with Crippen molar-refractivity contribution in [3.05, 3.63) is 102 Å². The topological polar surface area (TPSA) is 493 Å². The number of H-pyrrole nitrogens is 2. The molecule has 2 unspecified atom stereocenters. The van der Waals surface area contributed by atoms with Crippen molar-refractivity contribution in [2.24, 2.45) is 23.1 Å². The van der Waals surface area contributed by atoms with E-state index in [9.17, 15) is 62.6 Å². The van der Waals surface area contributed by atoms with Crippen molar-refractivity contribution in [1.82, 2.24) is 82.3 Å². The fraction of sp³-hybridized carbons (Fsp3) is 0.576. The van der Waals surface area contributed by atoms with Crippen LogP contribution in [-0.2, 0) is 86.4 Å². The Morgan fingerprint density at radius 2 is 1.11 bits per heavy atom. The first-order valence-corrected chi connectivity index (χ1v) is 43.1. The Hall–Kier alpha value is -10.7. The van der Waals surface area contributed by atoms with Crippen molar-refractivity contribution in [3.63, 3.8) is 0 Å². The highest BCUT2D eigenvalue weighted by atomic mass is 32.2. The largest absolute Gasteiger partial charge is 0.508 e. The number of aromatic nitrogens is 2. The SMILES string of the molecule is CCCC[C@@H](C(=O)N(C)[C@@H](CCCC)C(=O)N[C@@H](CCCN)C(=O)NCCSCC(=O)N[C@@H](Cc1ccc(O)cc1)C(=O)N(C)CC(=O)N[C@@H](CC(N)=O)C(=O)N1CCCC1C(=O)N[C@@H](CCN)C(=O)N[C@@H](CC(C)C)C(=O)N1CCCC1C)N(C)C(=O)[C@H](Cc1c[nH]c2ccccc12)NC(=O)[C@H](C)NC(=O)[C@H](Cc1c[nH]c2ccccc12)NC. The van der Waals surface area contributed by atoms with E-state index in [-0.39, 0.29) is 106 Å². The molecule has 7 rings (SSSR count). The van der Waals surface area contributed by atoms with Gasteiger partial charge in [0.25, 0.3) is 0 Å². The number of primary amides is 1. The van der Waals surface area contributed by atoms with E-state index in [4.69, 9.17) is 17.2 Å². The number of likely N-dealkylation sites (N-methyl/N-ethyl adjacent to an activating group) is 4. The van der Waals surface area contributed by atoms with Crippen LogP contribution in [0.2, 0.25) is 0 Å². The van der Waals surface area contributed by atoms with Gasteiger partial charge in [-0.05, 0) is 151 Å². The minimum Gasteiger partial charge on any atom is -0.508 e. The second-order valence-electron chi connectivity index (χ2n) is 31.8. The van der Waals surface area contributed by atoms with Crippen molar-refractivity contribution < 1.29 is 72.2 Å². The molecule has 120 heavy (non-hydrogen) atoms. The lowest BCUT2D eigenvalue weighted by Crippen LogP contribution is -2.60. The number of aromatic hydroxyl groups is 1. The molecule has 0 saturated carbocycles. The minimum absolute atomic E-state index is 0.00157. The number of aromatic amines is 2. The Morgan fingerprint density at radius 3 is 1.70 bits per heavy atom. The Morgan fingerprint density at radius 1 is 0.558 bits per heavy atom. The maximum atomic E-state index is 15.2. The first kappa shape index (κ1) is 96.5.